The molecule has 0 saturated heterocycles. The van der Waals surface area contributed by atoms with Gasteiger partial charge in [0, 0.05) is 18.8 Å². The number of para-hydroxylation sites is 2. The van der Waals surface area contributed by atoms with Gasteiger partial charge in [0.1, 0.15) is 5.82 Å². The first kappa shape index (κ1) is 18.1. The summed E-state index contributed by atoms with van der Waals surface area (Å²) in [5.41, 5.74) is 1.95. The van der Waals surface area contributed by atoms with Crippen LogP contribution in [0.15, 0.2) is 42.5 Å². The number of fused-ring (bicyclic) bond motifs is 1. The summed E-state index contributed by atoms with van der Waals surface area (Å²) >= 11 is 5.79. The van der Waals surface area contributed by atoms with E-state index in [4.69, 9.17) is 11.6 Å². The van der Waals surface area contributed by atoms with Gasteiger partial charge >= 0.3 is 0 Å². The number of rotatable bonds is 5. The van der Waals surface area contributed by atoms with Crippen LogP contribution in [0.5, 0.6) is 0 Å². The van der Waals surface area contributed by atoms with Crippen LogP contribution >= 0.6 is 11.6 Å². The number of hydrogen-bond acceptors (Lipinski definition) is 4. The van der Waals surface area contributed by atoms with Crippen molar-refractivity contribution in [2.45, 2.75) is 13.8 Å². The van der Waals surface area contributed by atoms with Gasteiger partial charge in [-0.2, -0.15) is 0 Å². The summed E-state index contributed by atoms with van der Waals surface area (Å²) in [5.74, 6) is -0.453. The zero-order valence-corrected chi connectivity index (χ0v) is 15.2. The molecule has 1 aromatic heterocycles. The molecule has 0 bridgehead atoms. The van der Waals surface area contributed by atoms with Gasteiger partial charge in [0.25, 0.3) is 5.91 Å². The Labute approximate surface area is 155 Å². The number of nitrogens with one attached hydrogen (secondary N) is 1. The molecule has 7 heteroatoms. The summed E-state index contributed by atoms with van der Waals surface area (Å²) in [6.07, 6.45) is 0. The van der Waals surface area contributed by atoms with Gasteiger partial charge in [-0.3, -0.25) is 4.79 Å². The summed E-state index contributed by atoms with van der Waals surface area (Å²) in [6, 6.07) is 11.4. The molecule has 1 amide bonds. The van der Waals surface area contributed by atoms with Crippen LogP contribution in [0, 0.1) is 5.82 Å². The fourth-order valence-corrected chi connectivity index (χ4v) is 2.83. The number of aromatic nitrogens is 2. The Morgan fingerprint density at radius 2 is 1.77 bits per heavy atom. The van der Waals surface area contributed by atoms with Crippen molar-refractivity contribution in [3.05, 3.63) is 59.0 Å². The molecule has 0 unspecified atom stereocenters. The van der Waals surface area contributed by atoms with Crippen molar-refractivity contribution in [1.82, 2.24) is 9.97 Å². The van der Waals surface area contributed by atoms with E-state index in [1.165, 1.54) is 18.2 Å². The van der Waals surface area contributed by atoms with Gasteiger partial charge in [-0.05, 0) is 44.2 Å². The highest BCUT2D eigenvalue weighted by Gasteiger charge is 2.20. The smallest absolute Gasteiger partial charge is 0.278 e. The topological polar surface area (TPSA) is 58.1 Å². The molecule has 0 atom stereocenters. The second-order valence-electron chi connectivity index (χ2n) is 5.64. The maximum atomic E-state index is 13.3. The van der Waals surface area contributed by atoms with E-state index in [0.29, 0.717) is 30.1 Å². The Kier molecular flexibility index (Phi) is 5.32. The van der Waals surface area contributed by atoms with Crippen molar-refractivity contribution in [3.8, 4) is 0 Å². The number of nitrogens with zero attached hydrogens (tertiary/aromatic N) is 3. The van der Waals surface area contributed by atoms with Crippen molar-refractivity contribution in [1.29, 1.82) is 0 Å². The second-order valence-corrected chi connectivity index (χ2v) is 6.05. The van der Waals surface area contributed by atoms with E-state index in [-0.39, 0.29) is 10.7 Å². The SMILES string of the molecule is CCN(CC)c1nc2ccccc2nc1C(=O)Nc1ccc(F)c(Cl)c1. The van der Waals surface area contributed by atoms with Crippen molar-refractivity contribution in [2.75, 3.05) is 23.3 Å². The molecule has 1 heterocycles. The third-order valence-corrected chi connectivity index (χ3v) is 4.30. The number of anilines is 2. The molecular formula is C19H18ClFN4O. The highest BCUT2D eigenvalue weighted by Crippen LogP contribution is 2.23. The third kappa shape index (κ3) is 3.60. The Hall–Kier alpha value is -2.73. The fourth-order valence-electron chi connectivity index (χ4n) is 2.65. The minimum Gasteiger partial charge on any atom is -0.355 e. The normalized spacial score (nSPS) is 10.8. The van der Waals surface area contributed by atoms with E-state index in [1.807, 2.05) is 36.9 Å². The summed E-state index contributed by atoms with van der Waals surface area (Å²) < 4.78 is 13.3. The molecular weight excluding hydrogens is 355 g/mol. The van der Waals surface area contributed by atoms with Gasteiger partial charge in [-0.25, -0.2) is 14.4 Å². The second kappa shape index (κ2) is 7.66. The molecule has 2 aromatic carbocycles. The van der Waals surface area contributed by atoms with Crippen LogP contribution in [0.1, 0.15) is 24.3 Å². The van der Waals surface area contributed by atoms with E-state index < -0.39 is 11.7 Å². The third-order valence-electron chi connectivity index (χ3n) is 4.01. The highest BCUT2D eigenvalue weighted by molar-refractivity contribution is 6.31. The van der Waals surface area contributed by atoms with Crippen LogP contribution in [0.25, 0.3) is 11.0 Å². The lowest BCUT2D eigenvalue weighted by atomic mass is 10.2. The molecule has 0 radical (unpaired) electrons. The zero-order chi connectivity index (χ0) is 18.7. The van der Waals surface area contributed by atoms with Crippen LogP contribution in [-0.4, -0.2) is 29.0 Å². The number of hydrogen-bond donors (Lipinski definition) is 1. The van der Waals surface area contributed by atoms with Crippen molar-refractivity contribution >= 4 is 40.0 Å². The summed E-state index contributed by atoms with van der Waals surface area (Å²) in [5, 5.41) is 2.66. The molecule has 1 N–H and O–H groups in total. The first-order valence-corrected chi connectivity index (χ1v) is 8.69. The standard InChI is InChI=1S/C19H18ClFN4O/c1-3-25(4-2)18-17(23-15-7-5-6-8-16(15)24-18)19(26)22-12-9-10-14(21)13(20)11-12/h5-11H,3-4H2,1-2H3,(H,22,26). The molecule has 3 aromatic rings. The molecule has 0 aliphatic rings. The van der Waals surface area contributed by atoms with Crippen LogP contribution in [0.4, 0.5) is 15.9 Å². The van der Waals surface area contributed by atoms with E-state index in [1.54, 1.807) is 6.07 Å². The predicted octanol–water partition coefficient (Wildman–Crippen LogP) is 4.52. The average molecular weight is 373 g/mol. The Bertz CT molecular complexity index is 959. The lowest BCUT2D eigenvalue weighted by Crippen LogP contribution is -2.27. The van der Waals surface area contributed by atoms with Crippen molar-refractivity contribution in [3.63, 3.8) is 0 Å². The number of carbonyl (C=O) groups excluding carboxylic acids is 1. The quantitative estimate of drug-likeness (QED) is 0.715. The van der Waals surface area contributed by atoms with Gasteiger partial charge in [-0.1, -0.05) is 23.7 Å². The van der Waals surface area contributed by atoms with Crippen LogP contribution in [-0.2, 0) is 0 Å². The van der Waals surface area contributed by atoms with Crippen LogP contribution in [0.2, 0.25) is 5.02 Å². The maximum absolute atomic E-state index is 13.3. The molecule has 0 fully saturated rings. The number of amides is 1. The minimum atomic E-state index is -0.543. The minimum absolute atomic E-state index is 0.0589. The Morgan fingerprint density at radius 1 is 1.12 bits per heavy atom. The molecule has 0 aliphatic heterocycles. The van der Waals surface area contributed by atoms with E-state index in [2.05, 4.69) is 15.3 Å². The molecule has 3 rings (SSSR count). The summed E-state index contributed by atoms with van der Waals surface area (Å²) in [6.45, 7) is 5.35. The lowest BCUT2D eigenvalue weighted by Gasteiger charge is -2.22. The van der Waals surface area contributed by atoms with Gasteiger partial charge < -0.3 is 10.2 Å². The highest BCUT2D eigenvalue weighted by atomic mass is 35.5. The number of halogens is 2. The average Bonchev–Trinajstić information content (AvgIpc) is 2.65. The van der Waals surface area contributed by atoms with Crippen molar-refractivity contribution in [2.24, 2.45) is 0 Å². The van der Waals surface area contributed by atoms with Crippen LogP contribution in [0.3, 0.4) is 0 Å². The van der Waals surface area contributed by atoms with Crippen molar-refractivity contribution < 1.29 is 9.18 Å². The van der Waals surface area contributed by atoms with Gasteiger partial charge in [-0.15, -0.1) is 0 Å². The summed E-state index contributed by atoms with van der Waals surface area (Å²) in [7, 11) is 0. The Morgan fingerprint density at radius 3 is 2.38 bits per heavy atom. The fraction of sp³-hybridized carbons (Fsp3) is 0.211. The van der Waals surface area contributed by atoms with E-state index in [0.717, 1.165) is 5.52 Å². The molecule has 134 valence electrons. The Balaban J connectivity index is 2.04. The van der Waals surface area contributed by atoms with Gasteiger partial charge in [0.2, 0.25) is 0 Å². The molecule has 0 aliphatic carbocycles. The largest absolute Gasteiger partial charge is 0.355 e. The monoisotopic (exact) mass is 372 g/mol. The van der Waals surface area contributed by atoms with Gasteiger partial charge in [0.15, 0.2) is 11.5 Å². The molecule has 0 saturated carbocycles. The molecule has 26 heavy (non-hydrogen) atoms. The molecule has 0 spiro atoms. The van der Waals surface area contributed by atoms with Gasteiger partial charge in [0.05, 0.1) is 16.1 Å². The first-order valence-electron chi connectivity index (χ1n) is 8.31. The van der Waals surface area contributed by atoms with Crippen LogP contribution < -0.4 is 10.2 Å². The zero-order valence-electron chi connectivity index (χ0n) is 14.5. The summed E-state index contributed by atoms with van der Waals surface area (Å²) in [4.78, 5) is 23.9. The first-order chi connectivity index (χ1) is 12.5. The predicted molar refractivity (Wildman–Crippen MR) is 102 cm³/mol. The van der Waals surface area contributed by atoms with E-state index in [9.17, 15) is 9.18 Å². The number of carbonyl (C=O) groups is 1. The van der Waals surface area contributed by atoms with E-state index >= 15 is 0 Å². The lowest BCUT2D eigenvalue weighted by molar-refractivity contribution is 0.102. The maximum Gasteiger partial charge on any atom is 0.278 e. The molecule has 5 nitrogen and oxygen atoms in total. The number of benzene rings is 2.